The summed E-state index contributed by atoms with van der Waals surface area (Å²) < 4.78 is 23.7. The molecule has 0 atom stereocenters. The molecule has 5 nitrogen and oxygen atoms in total. The number of hydrogen-bond donors (Lipinski definition) is 2. The number of benzene rings is 1. The van der Waals surface area contributed by atoms with E-state index in [0.717, 1.165) is 0 Å². The predicted molar refractivity (Wildman–Crippen MR) is 52.6 cm³/mol. The Labute approximate surface area is 82.3 Å². The van der Waals surface area contributed by atoms with E-state index in [1.807, 2.05) is 6.07 Å². The van der Waals surface area contributed by atoms with Crippen LogP contribution in [0.3, 0.4) is 0 Å². The molecule has 0 unspecified atom stereocenters. The Bertz CT molecular complexity index is 488. The third kappa shape index (κ3) is 2.45. The molecule has 0 aliphatic carbocycles. The molecule has 0 fully saturated rings. The van der Waals surface area contributed by atoms with Crippen molar-refractivity contribution < 1.29 is 8.42 Å². The number of anilines is 1. The number of hydrogen-bond acceptors (Lipinski definition) is 3. The zero-order valence-corrected chi connectivity index (χ0v) is 8.30. The number of nitriles is 1. The number of aryl methyl sites for hydroxylation is 1. The largest absolute Gasteiger partial charge is 0.296 e. The number of nitrogens with zero attached hydrogens (tertiary/aromatic N) is 1. The fraction of sp³-hybridized carbons (Fsp3) is 0.125. The minimum Gasteiger partial charge on any atom is -0.270 e. The van der Waals surface area contributed by atoms with Gasteiger partial charge < -0.3 is 0 Å². The van der Waals surface area contributed by atoms with Gasteiger partial charge in [0.1, 0.15) is 6.07 Å². The number of nitrogens with two attached hydrogens (primary N) is 1. The highest BCUT2D eigenvalue weighted by Gasteiger charge is 2.09. The summed E-state index contributed by atoms with van der Waals surface area (Å²) in [6.07, 6.45) is 0. The monoisotopic (exact) mass is 211 g/mol. The second-order valence-electron chi connectivity index (χ2n) is 2.76. The molecule has 0 aliphatic heterocycles. The van der Waals surface area contributed by atoms with E-state index in [0.29, 0.717) is 5.56 Å². The third-order valence-electron chi connectivity index (χ3n) is 1.64. The van der Waals surface area contributed by atoms with E-state index in [9.17, 15) is 8.42 Å². The van der Waals surface area contributed by atoms with E-state index < -0.39 is 10.2 Å². The second kappa shape index (κ2) is 3.65. The van der Waals surface area contributed by atoms with Crippen LogP contribution in [0.25, 0.3) is 0 Å². The molecule has 1 aromatic carbocycles. The SMILES string of the molecule is Cc1cccc(C#N)c1NS(N)(=O)=O. The van der Waals surface area contributed by atoms with Gasteiger partial charge in [-0.1, -0.05) is 12.1 Å². The smallest absolute Gasteiger partial charge is 0.270 e. The maximum Gasteiger partial charge on any atom is 0.296 e. The van der Waals surface area contributed by atoms with Crippen molar-refractivity contribution in [3.8, 4) is 6.07 Å². The number of nitrogens with one attached hydrogen (secondary N) is 1. The molecule has 14 heavy (non-hydrogen) atoms. The lowest BCUT2D eigenvalue weighted by atomic mass is 10.1. The van der Waals surface area contributed by atoms with Crippen molar-refractivity contribution in [2.24, 2.45) is 5.14 Å². The van der Waals surface area contributed by atoms with Gasteiger partial charge in [-0.2, -0.15) is 13.7 Å². The zero-order chi connectivity index (χ0) is 10.8. The van der Waals surface area contributed by atoms with Crippen molar-refractivity contribution in [2.45, 2.75) is 6.92 Å². The lowest BCUT2D eigenvalue weighted by Gasteiger charge is -2.08. The van der Waals surface area contributed by atoms with Gasteiger partial charge in [0.2, 0.25) is 0 Å². The molecule has 0 amide bonds. The fourth-order valence-electron chi connectivity index (χ4n) is 1.04. The van der Waals surface area contributed by atoms with Crippen LogP contribution in [0.15, 0.2) is 18.2 Å². The minimum absolute atomic E-state index is 0.234. The first-order valence-electron chi connectivity index (χ1n) is 3.74. The van der Waals surface area contributed by atoms with Gasteiger partial charge >= 0.3 is 0 Å². The summed E-state index contributed by atoms with van der Waals surface area (Å²) in [5, 5.41) is 13.5. The molecule has 74 valence electrons. The fourth-order valence-corrected chi connectivity index (χ4v) is 1.59. The van der Waals surface area contributed by atoms with E-state index in [1.54, 1.807) is 19.1 Å². The molecule has 0 radical (unpaired) electrons. The van der Waals surface area contributed by atoms with Gasteiger partial charge in [-0.3, -0.25) is 4.72 Å². The molecule has 0 bridgehead atoms. The second-order valence-corrected chi connectivity index (χ2v) is 4.05. The van der Waals surface area contributed by atoms with Crippen molar-refractivity contribution in [3.05, 3.63) is 29.3 Å². The van der Waals surface area contributed by atoms with E-state index in [4.69, 9.17) is 10.4 Å². The Hall–Kier alpha value is -1.58. The Morgan fingerprint density at radius 2 is 2.14 bits per heavy atom. The molecule has 0 saturated heterocycles. The summed E-state index contributed by atoms with van der Waals surface area (Å²) in [6, 6.07) is 6.75. The highest BCUT2D eigenvalue weighted by molar-refractivity contribution is 7.90. The molecule has 0 spiro atoms. The third-order valence-corrected chi connectivity index (χ3v) is 2.13. The first-order valence-corrected chi connectivity index (χ1v) is 5.29. The van der Waals surface area contributed by atoms with Gasteiger partial charge in [0.05, 0.1) is 11.3 Å². The summed E-state index contributed by atoms with van der Waals surface area (Å²) in [7, 11) is -3.83. The predicted octanol–water partition coefficient (Wildman–Crippen LogP) is 0.482. The minimum atomic E-state index is -3.83. The first-order chi connectivity index (χ1) is 6.44. The maximum atomic E-state index is 10.8. The average molecular weight is 211 g/mol. The molecule has 6 heteroatoms. The number of para-hydroxylation sites is 1. The summed E-state index contributed by atoms with van der Waals surface area (Å²) in [5.74, 6) is 0. The molecule has 3 N–H and O–H groups in total. The molecule has 1 aromatic rings. The van der Waals surface area contributed by atoms with Gasteiger partial charge in [-0.25, -0.2) is 5.14 Å². The normalized spacial score (nSPS) is 10.6. The maximum absolute atomic E-state index is 10.8. The van der Waals surface area contributed by atoms with Crippen LogP contribution in [0.2, 0.25) is 0 Å². The standard InChI is InChI=1S/C8H9N3O2S/c1-6-3-2-4-7(5-9)8(6)11-14(10,12)13/h2-4,11H,1H3,(H2,10,12,13). The summed E-state index contributed by atoms with van der Waals surface area (Å²) in [6.45, 7) is 1.69. The Kier molecular flexibility index (Phi) is 2.74. The highest BCUT2D eigenvalue weighted by Crippen LogP contribution is 2.19. The Balaban J connectivity index is 3.27. The van der Waals surface area contributed by atoms with Crippen LogP contribution in [0.5, 0.6) is 0 Å². The van der Waals surface area contributed by atoms with Crippen LogP contribution in [0.4, 0.5) is 5.69 Å². The van der Waals surface area contributed by atoms with Gasteiger partial charge in [-0.15, -0.1) is 0 Å². The van der Waals surface area contributed by atoms with E-state index in [-0.39, 0.29) is 11.3 Å². The molecule has 1 rings (SSSR count). The quantitative estimate of drug-likeness (QED) is 0.744. The van der Waals surface area contributed by atoms with Crippen LogP contribution in [-0.2, 0) is 10.2 Å². The van der Waals surface area contributed by atoms with Gasteiger partial charge in [0, 0.05) is 0 Å². The summed E-state index contributed by atoms with van der Waals surface area (Å²) >= 11 is 0. The summed E-state index contributed by atoms with van der Waals surface area (Å²) in [5.41, 5.74) is 1.13. The molecular weight excluding hydrogens is 202 g/mol. The van der Waals surface area contributed by atoms with E-state index in [2.05, 4.69) is 4.72 Å². The lowest BCUT2D eigenvalue weighted by molar-refractivity contribution is 0.603. The van der Waals surface area contributed by atoms with Crippen molar-refractivity contribution >= 4 is 15.9 Å². The Morgan fingerprint density at radius 1 is 1.50 bits per heavy atom. The van der Waals surface area contributed by atoms with Crippen LogP contribution >= 0.6 is 0 Å². The topological polar surface area (TPSA) is 96.0 Å². The van der Waals surface area contributed by atoms with Gasteiger partial charge in [-0.05, 0) is 18.6 Å². The van der Waals surface area contributed by atoms with Crippen molar-refractivity contribution in [3.63, 3.8) is 0 Å². The van der Waals surface area contributed by atoms with E-state index in [1.165, 1.54) is 6.07 Å². The molecular formula is C8H9N3O2S. The van der Waals surface area contributed by atoms with Crippen molar-refractivity contribution in [1.82, 2.24) is 0 Å². The lowest BCUT2D eigenvalue weighted by Crippen LogP contribution is -2.22. The zero-order valence-electron chi connectivity index (χ0n) is 7.48. The highest BCUT2D eigenvalue weighted by atomic mass is 32.2. The average Bonchev–Trinajstić information content (AvgIpc) is 2.06. The van der Waals surface area contributed by atoms with E-state index >= 15 is 0 Å². The van der Waals surface area contributed by atoms with Crippen LogP contribution in [-0.4, -0.2) is 8.42 Å². The molecule has 0 heterocycles. The number of rotatable bonds is 2. The molecule has 0 aliphatic rings. The van der Waals surface area contributed by atoms with Crippen LogP contribution in [0, 0.1) is 18.3 Å². The molecule has 0 aromatic heterocycles. The van der Waals surface area contributed by atoms with Gasteiger partial charge in [0.25, 0.3) is 10.2 Å². The first kappa shape index (κ1) is 10.5. The van der Waals surface area contributed by atoms with Gasteiger partial charge in [0.15, 0.2) is 0 Å². The Morgan fingerprint density at radius 3 is 2.64 bits per heavy atom. The molecule has 0 saturated carbocycles. The summed E-state index contributed by atoms with van der Waals surface area (Å²) in [4.78, 5) is 0. The van der Waals surface area contributed by atoms with Crippen LogP contribution in [0.1, 0.15) is 11.1 Å². The van der Waals surface area contributed by atoms with Crippen LogP contribution < -0.4 is 9.86 Å². The van der Waals surface area contributed by atoms with Crippen molar-refractivity contribution in [1.29, 1.82) is 5.26 Å². The van der Waals surface area contributed by atoms with Crippen molar-refractivity contribution in [2.75, 3.05) is 4.72 Å².